The molecule has 0 heterocycles. The summed E-state index contributed by atoms with van der Waals surface area (Å²) in [6.07, 6.45) is 0. The van der Waals surface area contributed by atoms with Gasteiger partial charge in [0.05, 0.1) is 5.92 Å². The molecule has 5 heteroatoms. The largest absolute Gasteiger partial charge is 0.426 e. The number of esters is 2. The summed E-state index contributed by atoms with van der Waals surface area (Å²) in [5.74, 6) is -1.19. The minimum Gasteiger partial charge on any atom is -0.426 e. The van der Waals surface area contributed by atoms with Crippen molar-refractivity contribution in [2.24, 2.45) is 5.92 Å². The van der Waals surface area contributed by atoms with Gasteiger partial charge in [0, 0.05) is 17.2 Å². The summed E-state index contributed by atoms with van der Waals surface area (Å²) in [5.41, 5.74) is 1.19. The minimum atomic E-state index is -0.608. The van der Waals surface area contributed by atoms with Crippen LogP contribution in [0.1, 0.15) is 20.8 Å². The fraction of sp³-hybridized carbons (Fsp3) is 0.200. The van der Waals surface area contributed by atoms with E-state index in [1.165, 1.54) is 19.1 Å². The Kier molecular flexibility index (Phi) is 5.70. The fourth-order valence-electron chi connectivity index (χ4n) is 1.92. The van der Waals surface area contributed by atoms with Gasteiger partial charge in [-0.25, -0.2) is 9.18 Å². The van der Waals surface area contributed by atoms with Crippen LogP contribution in [0.3, 0.4) is 0 Å². The van der Waals surface area contributed by atoms with Gasteiger partial charge < -0.3 is 9.47 Å². The molecule has 0 aliphatic rings. The lowest BCUT2D eigenvalue weighted by Gasteiger charge is -2.09. The van der Waals surface area contributed by atoms with E-state index >= 15 is 0 Å². The minimum absolute atomic E-state index is 0.108. The summed E-state index contributed by atoms with van der Waals surface area (Å²) in [6, 6.07) is 10.7. The zero-order chi connectivity index (χ0) is 18.6. The van der Waals surface area contributed by atoms with Gasteiger partial charge in [0.1, 0.15) is 17.3 Å². The van der Waals surface area contributed by atoms with E-state index in [1.54, 1.807) is 38.1 Å². The summed E-state index contributed by atoms with van der Waals surface area (Å²) < 4.78 is 24.5. The molecule has 0 aromatic heterocycles. The van der Waals surface area contributed by atoms with Gasteiger partial charge in [0.25, 0.3) is 0 Å². The van der Waals surface area contributed by atoms with E-state index in [-0.39, 0.29) is 23.2 Å². The van der Waals surface area contributed by atoms with E-state index in [0.717, 1.165) is 6.07 Å². The number of hydrogen-bond donors (Lipinski definition) is 0. The van der Waals surface area contributed by atoms with Gasteiger partial charge in [-0.3, -0.25) is 4.79 Å². The van der Waals surface area contributed by atoms with Gasteiger partial charge in [0.15, 0.2) is 0 Å². The third-order valence-electron chi connectivity index (χ3n) is 3.35. The smallest absolute Gasteiger partial charge is 0.338 e. The normalized spacial score (nSPS) is 10.4. The molecule has 4 nitrogen and oxygen atoms in total. The van der Waals surface area contributed by atoms with Crippen molar-refractivity contribution in [2.75, 3.05) is 0 Å². The van der Waals surface area contributed by atoms with Gasteiger partial charge in [-0.2, -0.15) is 0 Å². The number of rotatable bonds is 5. The molecule has 0 saturated heterocycles. The quantitative estimate of drug-likeness (QED) is 0.455. The van der Waals surface area contributed by atoms with Gasteiger partial charge in [-0.1, -0.05) is 32.6 Å². The third-order valence-corrected chi connectivity index (χ3v) is 3.35. The third kappa shape index (κ3) is 4.76. The van der Waals surface area contributed by atoms with Crippen LogP contribution in [0.5, 0.6) is 11.5 Å². The highest BCUT2D eigenvalue weighted by atomic mass is 19.1. The van der Waals surface area contributed by atoms with Crippen LogP contribution < -0.4 is 9.47 Å². The van der Waals surface area contributed by atoms with Crippen LogP contribution in [0.15, 0.2) is 54.6 Å². The van der Waals surface area contributed by atoms with Crippen molar-refractivity contribution < 1.29 is 23.5 Å². The first kappa shape index (κ1) is 18.4. The summed E-state index contributed by atoms with van der Waals surface area (Å²) in [5, 5.41) is 0. The van der Waals surface area contributed by atoms with Crippen LogP contribution >= 0.6 is 0 Å². The topological polar surface area (TPSA) is 52.6 Å². The van der Waals surface area contributed by atoms with Crippen molar-refractivity contribution in [3.63, 3.8) is 0 Å². The number of carbonyl (C=O) groups is 2. The maximum absolute atomic E-state index is 14.3. The molecule has 0 unspecified atom stereocenters. The number of benzene rings is 2. The molecule has 0 fully saturated rings. The van der Waals surface area contributed by atoms with E-state index in [0.29, 0.717) is 16.9 Å². The van der Waals surface area contributed by atoms with E-state index < -0.39 is 11.8 Å². The van der Waals surface area contributed by atoms with E-state index in [9.17, 15) is 14.0 Å². The molecule has 0 atom stereocenters. The first-order chi connectivity index (χ1) is 11.8. The highest BCUT2D eigenvalue weighted by Crippen LogP contribution is 2.28. The summed E-state index contributed by atoms with van der Waals surface area (Å²) in [7, 11) is 0. The molecular weight excluding hydrogens is 323 g/mol. The van der Waals surface area contributed by atoms with E-state index in [1.807, 2.05) is 0 Å². The van der Waals surface area contributed by atoms with Gasteiger partial charge in [-0.05, 0) is 36.8 Å². The Bertz CT molecular complexity index is 807. The molecule has 0 N–H and O–H groups in total. The lowest BCUT2D eigenvalue weighted by molar-refractivity contribution is -0.137. The van der Waals surface area contributed by atoms with Crippen molar-refractivity contribution in [1.82, 2.24) is 0 Å². The lowest BCUT2D eigenvalue weighted by atomic mass is 10.0. The Hall–Kier alpha value is -2.95. The molecule has 130 valence electrons. The predicted octanol–water partition coefficient (Wildman–Crippen LogP) is 4.54. The first-order valence-electron chi connectivity index (χ1n) is 7.77. The zero-order valence-electron chi connectivity index (χ0n) is 14.3. The molecule has 2 aromatic carbocycles. The number of halogens is 1. The number of ether oxygens (including phenoxy) is 2. The molecule has 0 radical (unpaired) electrons. The maximum atomic E-state index is 14.3. The fourth-order valence-corrected chi connectivity index (χ4v) is 1.92. The monoisotopic (exact) mass is 342 g/mol. The summed E-state index contributed by atoms with van der Waals surface area (Å²) in [6.45, 7) is 8.48. The Morgan fingerprint density at radius 2 is 1.60 bits per heavy atom. The summed E-state index contributed by atoms with van der Waals surface area (Å²) in [4.78, 5) is 23.0. The van der Waals surface area contributed by atoms with Crippen LogP contribution in [0.25, 0.3) is 11.1 Å². The van der Waals surface area contributed by atoms with Crippen molar-refractivity contribution >= 4 is 11.9 Å². The lowest BCUT2D eigenvalue weighted by Crippen LogP contribution is -2.14. The van der Waals surface area contributed by atoms with Crippen molar-refractivity contribution in [3.8, 4) is 22.6 Å². The predicted molar refractivity (Wildman–Crippen MR) is 92.8 cm³/mol. The SMILES string of the molecule is C=C(C)C(=O)Oc1ccc(-c2ccc(OC(=O)C(C)C)cc2)c(F)c1. The Labute approximate surface area is 145 Å². The zero-order valence-corrected chi connectivity index (χ0v) is 14.3. The average Bonchev–Trinajstić information content (AvgIpc) is 2.55. The second-order valence-electron chi connectivity index (χ2n) is 5.91. The molecule has 0 bridgehead atoms. The molecular formula is C20H19FO4. The van der Waals surface area contributed by atoms with Crippen molar-refractivity contribution in [3.05, 3.63) is 60.4 Å². The standard InChI is InChI=1S/C20H19FO4/c1-12(2)19(22)24-15-7-5-14(6-8-15)17-10-9-16(11-18(17)21)25-20(23)13(3)4/h5-12H,3H2,1-2,4H3. The number of hydrogen-bond acceptors (Lipinski definition) is 4. The molecule has 0 aliphatic carbocycles. The van der Waals surface area contributed by atoms with Crippen LogP contribution in [-0.2, 0) is 9.59 Å². The molecule has 25 heavy (non-hydrogen) atoms. The summed E-state index contributed by atoms with van der Waals surface area (Å²) >= 11 is 0. The van der Waals surface area contributed by atoms with E-state index in [4.69, 9.17) is 9.47 Å². The molecule has 0 amide bonds. The molecule has 2 aromatic rings. The first-order valence-corrected chi connectivity index (χ1v) is 7.77. The maximum Gasteiger partial charge on any atom is 0.338 e. The van der Waals surface area contributed by atoms with Crippen molar-refractivity contribution in [1.29, 1.82) is 0 Å². The average molecular weight is 342 g/mol. The van der Waals surface area contributed by atoms with Crippen LogP contribution in [0, 0.1) is 11.7 Å². The molecule has 0 aliphatic heterocycles. The van der Waals surface area contributed by atoms with Gasteiger partial charge in [0.2, 0.25) is 0 Å². The van der Waals surface area contributed by atoms with Crippen LogP contribution in [0.2, 0.25) is 0 Å². The van der Waals surface area contributed by atoms with Gasteiger partial charge >= 0.3 is 11.9 Å². The molecule has 0 spiro atoms. The Morgan fingerprint density at radius 3 is 2.12 bits per heavy atom. The van der Waals surface area contributed by atoms with E-state index in [2.05, 4.69) is 6.58 Å². The van der Waals surface area contributed by atoms with Gasteiger partial charge in [-0.15, -0.1) is 0 Å². The highest BCUT2D eigenvalue weighted by Gasteiger charge is 2.12. The highest BCUT2D eigenvalue weighted by molar-refractivity contribution is 5.88. The molecule has 0 saturated carbocycles. The second-order valence-corrected chi connectivity index (χ2v) is 5.91. The second kappa shape index (κ2) is 7.75. The molecule has 2 rings (SSSR count). The number of carbonyl (C=O) groups excluding carboxylic acids is 2. The van der Waals surface area contributed by atoms with Crippen LogP contribution in [0.4, 0.5) is 4.39 Å². The Morgan fingerprint density at radius 1 is 1.00 bits per heavy atom. The Balaban J connectivity index is 2.17. The van der Waals surface area contributed by atoms with Crippen molar-refractivity contribution in [2.45, 2.75) is 20.8 Å². The van der Waals surface area contributed by atoms with Crippen LogP contribution in [-0.4, -0.2) is 11.9 Å².